The van der Waals surface area contributed by atoms with Crippen molar-refractivity contribution >= 4 is 11.9 Å². The molecule has 1 aliphatic heterocycles. The maximum absolute atomic E-state index is 12.8. The van der Waals surface area contributed by atoms with E-state index in [4.69, 9.17) is 9.72 Å². The number of para-hydroxylation sites is 1. The Bertz CT molecular complexity index is 890. The summed E-state index contributed by atoms with van der Waals surface area (Å²) in [6, 6.07) is 7.59. The molecule has 1 aromatic heterocycles. The number of rotatable bonds is 5. The summed E-state index contributed by atoms with van der Waals surface area (Å²) in [6.07, 6.45) is 6.41. The summed E-state index contributed by atoms with van der Waals surface area (Å²) in [6.45, 7) is 6.54. The zero-order chi connectivity index (χ0) is 20.4. The minimum atomic E-state index is -0.0661. The second-order valence-corrected chi connectivity index (χ2v) is 8.92. The summed E-state index contributed by atoms with van der Waals surface area (Å²) in [4.78, 5) is 24.6. The summed E-state index contributed by atoms with van der Waals surface area (Å²) in [7, 11) is 1.63. The number of nitrogens with one attached hydrogen (secondary N) is 1. The topological polar surface area (TPSA) is 67.3 Å². The molecule has 1 atom stereocenters. The Morgan fingerprint density at radius 3 is 2.79 bits per heavy atom. The van der Waals surface area contributed by atoms with Gasteiger partial charge in [-0.15, -0.1) is 0 Å². The van der Waals surface area contributed by atoms with Gasteiger partial charge in [0.2, 0.25) is 11.9 Å². The molecule has 6 nitrogen and oxygen atoms in total. The summed E-state index contributed by atoms with van der Waals surface area (Å²) in [5.74, 6) is 1.57. The van der Waals surface area contributed by atoms with Gasteiger partial charge in [-0.1, -0.05) is 32.0 Å². The number of carbonyl (C=O) groups is 1. The van der Waals surface area contributed by atoms with Crippen LogP contribution in [0.5, 0.6) is 5.75 Å². The summed E-state index contributed by atoms with van der Waals surface area (Å²) in [5.41, 5.74) is 3.09. The van der Waals surface area contributed by atoms with E-state index in [0.717, 1.165) is 54.4 Å². The quantitative estimate of drug-likeness (QED) is 0.841. The van der Waals surface area contributed by atoms with Crippen LogP contribution in [0.25, 0.3) is 0 Å². The van der Waals surface area contributed by atoms with Crippen molar-refractivity contribution in [2.75, 3.05) is 25.1 Å². The first-order valence-electron chi connectivity index (χ1n) is 10.5. The number of amides is 1. The number of methoxy groups -OCH3 is 1. The van der Waals surface area contributed by atoms with Gasteiger partial charge in [-0.25, -0.2) is 9.97 Å². The number of hydrogen-bond donors (Lipinski definition) is 1. The van der Waals surface area contributed by atoms with E-state index in [0.29, 0.717) is 6.42 Å². The van der Waals surface area contributed by atoms with Crippen LogP contribution in [0.2, 0.25) is 0 Å². The third-order valence-corrected chi connectivity index (χ3v) is 5.93. The predicted molar refractivity (Wildman–Crippen MR) is 113 cm³/mol. The fourth-order valence-corrected chi connectivity index (χ4v) is 4.50. The second kappa shape index (κ2) is 8.01. The number of carbonyl (C=O) groups excluding carboxylic acids is 1. The minimum Gasteiger partial charge on any atom is -0.496 e. The maximum Gasteiger partial charge on any atom is 0.225 e. The first-order chi connectivity index (χ1) is 13.9. The van der Waals surface area contributed by atoms with Crippen LogP contribution in [0.4, 0.5) is 5.95 Å². The van der Waals surface area contributed by atoms with Gasteiger partial charge in [-0.2, -0.15) is 0 Å². The lowest BCUT2D eigenvalue weighted by Crippen LogP contribution is -2.38. The van der Waals surface area contributed by atoms with Gasteiger partial charge in [0.15, 0.2) is 0 Å². The molecule has 0 saturated carbocycles. The highest BCUT2D eigenvalue weighted by Crippen LogP contribution is 2.40. The maximum atomic E-state index is 12.8. The van der Waals surface area contributed by atoms with Gasteiger partial charge in [0.25, 0.3) is 0 Å². The molecule has 6 heteroatoms. The molecular formula is C23H30N4O2. The highest BCUT2D eigenvalue weighted by Gasteiger charge is 2.35. The van der Waals surface area contributed by atoms with Crippen LogP contribution in [-0.2, 0) is 17.6 Å². The monoisotopic (exact) mass is 394 g/mol. The van der Waals surface area contributed by atoms with Gasteiger partial charge >= 0.3 is 0 Å². The van der Waals surface area contributed by atoms with Gasteiger partial charge in [-0.3, -0.25) is 4.79 Å². The molecule has 1 amide bonds. The van der Waals surface area contributed by atoms with E-state index in [-0.39, 0.29) is 17.4 Å². The van der Waals surface area contributed by atoms with E-state index >= 15 is 0 Å². The molecule has 4 rings (SSSR count). The Morgan fingerprint density at radius 2 is 2.03 bits per heavy atom. The number of ether oxygens (including phenoxy) is 1. The van der Waals surface area contributed by atoms with E-state index in [2.05, 4.69) is 29.0 Å². The molecule has 0 unspecified atom stereocenters. The molecule has 1 aromatic carbocycles. The molecule has 1 saturated heterocycles. The van der Waals surface area contributed by atoms with E-state index in [1.165, 1.54) is 12.8 Å². The van der Waals surface area contributed by atoms with Crippen LogP contribution >= 0.6 is 0 Å². The Hall–Kier alpha value is -2.63. The SMILES string of the molecule is COc1ccccc1CC(=O)N[C@@H]1CC(C)(C)Cc2nc(N3CCCC3)ncc21. The van der Waals surface area contributed by atoms with Gasteiger partial charge in [0.05, 0.1) is 25.3 Å². The van der Waals surface area contributed by atoms with Crippen molar-refractivity contribution in [1.82, 2.24) is 15.3 Å². The fourth-order valence-electron chi connectivity index (χ4n) is 4.50. The van der Waals surface area contributed by atoms with Gasteiger partial charge in [-0.05, 0) is 37.2 Å². The van der Waals surface area contributed by atoms with E-state index in [1.54, 1.807) is 7.11 Å². The summed E-state index contributed by atoms with van der Waals surface area (Å²) in [5, 5.41) is 3.23. The van der Waals surface area contributed by atoms with Crippen molar-refractivity contribution in [2.45, 2.75) is 52.0 Å². The molecule has 1 aliphatic carbocycles. The van der Waals surface area contributed by atoms with Crippen LogP contribution in [0.1, 0.15) is 56.0 Å². The largest absolute Gasteiger partial charge is 0.496 e. The van der Waals surface area contributed by atoms with Crippen molar-refractivity contribution in [1.29, 1.82) is 0 Å². The number of benzene rings is 1. The Balaban J connectivity index is 1.54. The highest BCUT2D eigenvalue weighted by atomic mass is 16.5. The van der Waals surface area contributed by atoms with E-state index < -0.39 is 0 Å². The zero-order valence-corrected chi connectivity index (χ0v) is 17.6. The van der Waals surface area contributed by atoms with Crippen LogP contribution in [0, 0.1) is 5.41 Å². The van der Waals surface area contributed by atoms with Crippen LogP contribution in [0.3, 0.4) is 0 Å². The Labute approximate surface area is 172 Å². The van der Waals surface area contributed by atoms with Crippen LogP contribution in [-0.4, -0.2) is 36.1 Å². The molecule has 0 spiro atoms. The van der Waals surface area contributed by atoms with E-state index in [9.17, 15) is 4.79 Å². The lowest BCUT2D eigenvalue weighted by molar-refractivity contribution is -0.121. The lowest BCUT2D eigenvalue weighted by Gasteiger charge is -2.36. The molecule has 2 heterocycles. The molecule has 2 aromatic rings. The third kappa shape index (κ3) is 4.36. The van der Waals surface area contributed by atoms with Crippen molar-refractivity contribution in [3.63, 3.8) is 0 Å². The first-order valence-corrected chi connectivity index (χ1v) is 10.5. The zero-order valence-electron chi connectivity index (χ0n) is 17.6. The normalized spacial score (nSPS) is 20.2. The van der Waals surface area contributed by atoms with Crippen molar-refractivity contribution < 1.29 is 9.53 Å². The molecule has 0 bridgehead atoms. The fraction of sp³-hybridized carbons (Fsp3) is 0.522. The average Bonchev–Trinajstić information content (AvgIpc) is 3.22. The molecule has 2 aliphatic rings. The predicted octanol–water partition coefficient (Wildman–Crippen LogP) is 3.46. The number of hydrogen-bond acceptors (Lipinski definition) is 5. The minimum absolute atomic E-state index is 0.00762. The molecule has 0 radical (unpaired) electrons. The van der Waals surface area contributed by atoms with E-state index in [1.807, 2.05) is 30.5 Å². The molecule has 1 N–H and O–H groups in total. The standard InChI is InChI=1S/C23H30N4O2/c1-23(2)13-18(25-21(28)12-16-8-4-5-9-20(16)29-3)17-15-24-22(26-19(17)14-23)27-10-6-7-11-27/h4-5,8-9,15,18H,6-7,10-14H2,1-3H3,(H,25,28)/t18-/m1/s1. The van der Waals surface area contributed by atoms with Crippen LogP contribution in [0.15, 0.2) is 30.5 Å². The molecular weight excluding hydrogens is 364 g/mol. The van der Waals surface area contributed by atoms with Gasteiger partial charge in [0, 0.05) is 30.4 Å². The van der Waals surface area contributed by atoms with Crippen LogP contribution < -0.4 is 15.0 Å². The highest BCUT2D eigenvalue weighted by molar-refractivity contribution is 5.79. The smallest absolute Gasteiger partial charge is 0.225 e. The molecule has 154 valence electrons. The number of anilines is 1. The third-order valence-electron chi connectivity index (χ3n) is 5.93. The lowest BCUT2D eigenvalue weighted by atomic mass is 9.74. The summed E-state index contributed by atoms with van der Waals surface area (Å²) < 4.78 is 5.38. The number of nitrogens with zero attached hydrogens (tertiary/aromatic N) is 3. The van der Waals surface area contributed by atoms with Crippen molar-refractivity contribution in [3.05, 3.63) is 47.3 Å². The van der Waals surface area contributed by atoms with Gasteiger partial charge < -0.3 is 15.0 Å². The Morgan fingerprint density at radius 1 is 1.28 bits per heavy atom. The van der Waals surface area contributed by atoms with Crippen molar-refractivity contribution in [2.24, 2.45) is 5.41 Å². The second-order valence-electron chi connectivity index (χ2n) is 8.92. The summed E-state index contributed by atoms with van der Waals surface area (Å²) >= 11 is 0. The average molecular weight is 395 g/mol. The Kier molecular flexibility index (Phi) is 5.43. The number of fused-ring (bicyclic) bond motifs is 1. The number of aromatic nitrogens is 2. The molecule has 1 fully saturated rings. The van der Waals surface area contributed by atoms with Gasteiger partial charge in [0.1, 0.15) is 5.75 Å². The first kappa shape index (κ1) is 19.7. The van der Waals surface area contributed by atoms with Crippen molar-refractivity contribution in [3.8, 4) is 5.75 Å². The molecule has 29 heavy (non-hydrogen) atoms.